The fourth-order valence-electron chi connectivity index (χ4n) is 2.62. The van der Waals surface area contributed by atoms with E-state index in [1.807, 2.05) is 51.1 Å². The van der Waals surface area contributed by atoms with Gasteiger partial charge in [0.2, 0.25) is 0 Å². The maximum absolute atomic E-state index is 13.9. The van der Waals surface area contributed by atoms with Gasteiger partial charge in [0.05, 0.1) is 30.4 Å². The molecule has 2 rings (SSSR count). The monoisotopic (exact) mass is 526 g/mol. The van der Waals surface area contributed by atoms with Gasteiger partial charge in [-0.05, 0) is 56.7 Å². The average molecular weight is 526 g/mol. The Hall–Kier alpha value is -2.38. The van der Waals surface area contributed by atoms with Crippen LogP contribution in [0.3, 0.4) is 0 Å². The lowest BCUT2D eigenvalue weighted by molar-refractivity contribution is 0.180. The van der Waals surface area contributed by atoms with Gasteiger partial charge >= 0.3 is 0 Å². The third kappa shape index (κ3) is 8.16. The lowest BCUT2D eigenvalue weighted by atomic mass is 10.1. The van der Waals surface area contributed by atoms with E-state index < -0.39 is 11.9 Å². The molecule has 0 aromatic heterocycles. The number of nitrogens with zero attached hydrogens (tertiary/aromatic N) is 2. The van der Waals surface area contributed by atoms with Crippen molar-refractivity contribution in [2.75, 3.05) is 13.1 Å². The molecule has 0 saturated heterocycles. The Morgan fingerprint density at radius 1 is 1.20 bits per heavy atom. The molecule has 0 aliphatic carbocycles. The molecule has 0 aliphatic rings. The molecule has 0 radical (unpaired) electrons. The van der Waals surface area contributed by atoms with Gasteiger partial charge < -0.3 is 20.5 Å². The second-order valence-corrected chi connectivity index (χ2v) is 6.75. The summed E-state index contributed by atoms with van der Waals surface area (Å²) in [4.78, 5) is 4.35. The highest BCUT2D eigenvalue weighted by Gasteiger charge is 2.10. The molecule has 0 heterocycles. The maximum atomic E-state index is 13.9. The van der Waals surface area contributed by atoms with Gasteiger partial charge in [-0.3, -0.25) is 0 Å². The molecule has 3 N–H and O–H groups in total. The molecule has 0 bridgehead atoms. The topological polar surface area (TPSA) is 89.7 Å². The summed E-state index contributed by atoms with van der Waals surface area (Å²) in [6.07, 6.45) is -0.657. The van der Waals surface area contributed by atoms with Gasteiger partial charge in [-0.25, -0.2) is 9.38 Å². The first-order valence-electron chi connectivity index (χ1n) is 9.58. The zero-order chi connectivity index (χ0) is 21.2. The SMILES string of the molecule is CCNC(=NCc1cc(C#N)ccc1F)NCC(O)c1ccc(OC(C)C)cc1.I. The Morgan fingerprint density at radius 2 is 1.90 bits per heavy atom. The lowest BCUT2D eigenvalue weighted by Crippen LogP contribution is -2.39. The van der Waals surface area contributed by atoms with Gasteiger partial charge in [-0.1, -0.05) is 12.1 Å². The Bertz CT molecular complexity index is 866. The molecule has 1 unspecified atom stereocenters. The molecule has 0 saturated carbocycles. The van der Waals surface area contributed by atoms with Crippen LogP contribution in [-0.4, -0.2) is 30.3 Å². The van der Waals surface area contributed by atoms with E-state index in [-0.39, 0.29) is 43.2 Å². The molecule has 2 aromatic carbocycles. The Balaban J connectivity index is 0.00000450. The summed E-state index contributed by atoms with van der Waals surface area (Å²) < 4.78 is 19.5. The molecule has 0 amide bonds. The standard InChI is InChI=1S/C22H27FN4O2.HI/c1-4-25-22(26-13-18-11-16(12-24)5-10-20(18)23)27-14-21(28)17-6-8-19(9-7-17)29-15(2)3;/h5-11,15,21,28H,4,13-14H2,1-3H3,(H2,25,26,27);1H. The molecule has 8 heteroatoms. The zero-order valence-electron chi connectivity index (χ0n) is 17.4. The van der Waals surface area contributed by atoms with Crippen molar-refractivity contribution in [2.45, 2.75) is 39.5 Å². The van der Waals surface area contributed by atoms with Crippen LogP contribution in [0.5, 0.6) is 5.75 Å². The first-order valence-corrected chi connectivity index (χ1v) is 9.58. The highest BCUT2D eigenvalue weighted by molar-refractivity contribution is 14.0. The second kappa shape index (κ2) is 13.0. The first kappa shape index (κ1) is 25.7. The molecule has 0 spiro atoms. The molecule has 1 atom stereocenters. The fraction of sp³-hybridized carbons (Fsp3) is 0.364. The summed E-state index contributed by atoms with van der Waals surface area (Å²) in [5.41, 5.74) is 1.47. The number of aliphatic hydroxyl groups excluding tert-OH is 1. The molecule has 0 aliphatic heterocycles. The molecule has 2 aromatic rings. The number of nitriles is 1. The summed E-state index contributed by atoms with van der Waals surface area (Å²) in [7, 11) is 0. The van der Waals surface area contributed by atoms with Gasteiger partial charge in [0.25, 0.3) is 0 Å². The number of ether oxygens (including phenoxy) is 1. The highest BCUT2D eigenvalue weighted by atomic mass is 127. The van der Waals surface area contributed by atoms with Crippen molar-refractivity contribution >= 4 is 29.9 Å². The molecule has 162 valence electrons. The molecule has 30 heavy (non-hydrogen) atoms. The Kier molecular flexibility index (Phi) is 11.1. The predicted octanol–water partition coefficient (Wildman–Crippen LogP) is 3.89. The van der Waals surface area contributed by atoms with Crippen molar-refractivity contribution in [3.05, 3.63) is 65.0 Å². The normalized spacial score (nSPS) is 12.0. The van der Waals surface area contributed by atoms with Gasteiger partial charge in [-0.15, -0.1) is 24.0 Å². The van der Waals surface area contributed by atoms with Crippen LogP contribution in [0.1, 0.15) is 43.6 Å². The van der Waals surface area contributed by atoms with Gasteiger partial charge in [0.15, 0.2) is 5.96 Å². The zero-order valence-corrected chi connectivity index (χ0v) is 19.7. The lowest BCUT2D eigenvalue weighted by Gasteiger charge is -2.16. The van der Waals surface area contributed by atoms with Crippen LogP contribution in [0.25, 0.3) is 0 Å². The smallest absolute Gasteiger partial charge is 0.191 e. The quantitative estimate of drug-likeness (QED) is 0.276. The molecule has 0 fully saturated rings. The van der Waals surface area contributed by atoms with Crippen LogP contribution in [-0.2, 0) is 6.54 Å². The summed E-state index contributed by atoms with van der Waals surface area (Å²) in [5, 5.41) is 25.5. The van der Waals surface area contributed by atoms with Crippen molar-refractivity contribution in [3.63, 3.8) is 0 Å². The van der Waals surface area contributed by atoms with Crippen LogP contribution in [0, 0.1) is 17.1 Å². The molecular formula is C22H28FIN4O2. The number of aliphatic imine (C=N–C) groups is 1. The summed E-state index contributed by atoms with van der Waals surface area (Å²) in [6, 6.07) is 13.4. The van der Waals surface area contributed by atoms with Crippen molar-refractivity contribution in [1.29, 1.82) is 5.26 Å². The van der Waals surface area contributed by atoms with Gasteiger partial charge in [-0.2, -0.15) is 5.26 Å². The second-order valence-electron chi connectivity index (χ2n) is 6.75. The molecular weight excluding hydrogens is 498 g/mol. The summed E-state index contributed by atoms with van der Waals surface area (Å²) in [6.45, 7) is 6.75. The van der Waals surface area contributed by atoms with E-state index in [1.54, 1.807) is 0 Å². The van der Waals surface area contributed by atoms with E-state index in [0.717, 1.165) is 11.3 Å². The fourth-order valence-corrected chi connectivity index (χ4v) is 2.62. The van der Waals surface area contributed by atoms with E-state index in [4.69, 9.17) is 10.00 Å². The van der Waals surface area contributed by atoms with Crippen molar-refractivity contribution < 1.29 is 14.2 Å². The number of nitrogens with one attached hydrogen (secondary N) is 2. The summed E-state index contributed by atoms with van der Waals surface area (Å²) in [5.74, 6) is 0.792. The van der Waals surface area contributed by atoms with Crippen molar-refractivity contribution in [3.8, 4) is 11.8 Å². The number of guanidine groups is 1. The van der Waals surface area contributed by atoms with Crippen LogP contribution < -0.4 is 15.4 Å². The number of hydrogen-bond acceptors (Lipinski definition) is 4. The highest BCUT2D eigenvalue weighted by Crippen LogP contribution is 2.18. The van der Waals surface area contributed by atoms with E-state index in [0.29, 0.717) is 23.6 Å². The minimum absolute atomic E-state index is 0. The van der Waals surface area contributed by atoms with E-state index in [1.165, 1.54) is 18.2 Å². The minimum atomic E-state index is -0.745. The van der Waals surface area contributed by atoms with Gasteiger partial charge in [0.1, 0.15) is 11.6 Å². The predicted molar refractivity (Wildman–Crippen MR) is 127 cm³/mol. The number of hydrogen-bond donors (Lipinski definition) is 3. The van der Waals surface area contributed by atoms with Crippen LogP contribution in [0.2, 0.25) is 0 Å². The van der Waals surface area contributed by atoms with Crippen molar-refractivity contribution in [2.24, 2.45) is 4.99 Å². The Labute approximate surface area is 194 Å². The van der Waals surface area contributed by atoms with Crippen LogP contribution in [0.15, 0.2) is 47.5 Å². The van der Waals surface area contributed by atoms with E-state index in [9.17, 15) is 9.50 Å². The number of benzene rings is 2. The van der Waals surface area contributed by atoms with E-state index >= 15 is 0 Å². The number of halogens is 2. The van der Waals surface area contributed by atoms with E-state index in [2.05, 4.69) is 15.6 Å². The number of rotatable bonds is 8. The van der Waals surface area contributed by atoms with Crippen molar-refractivity contribution in [1.82, 2.24) is 10.6 Å². The van der Waals surface area contributed by atoms with Gasteiger partial charge in [0, 0.05) is 18.7 Å². The third-order valence-corrected chi connectivity index (χ3v) is 4.03. The number of aliphatic hydroxyl groups is 1. The minimum Gasteiger partial charge on any atom is -0.491 e. The summed E-state index contributed by atoms with van der Waals surface area (Å²) >= 11 is 0. The van der Waals surface area contributed by atoms with Crippen LogP contribution >= 0.6 is 24.0 Å². The average Bonchev–Trinajstić information content (AvgIpc) is 2.71. The molecule has 6 nitrogen and oxygen atoms in total. The maximum Gasteiger partial charge on any atom is 0.191 e. The largest absolute Gasteiger partial charge is 0.491 e. The third-order valence-electron chi connectivity index (χ3n) is 4.03. The first-order chi connectivity index (χ1) is 13.9. The Morgan fingerprint density at radius 3 is 2.50 bits per heavy atom. The van der Waals surface area contributed by atoms with Crippen LogP contribution in [0.4, 0.5) is 4.39 Å².